The summed E-state index contributed by atoms with van der Waals surface area (Å²) in [5.74, 6) is 0. The van der Waals surface area contributed by atoms with Gasteiger partial charge in [0.2, 0.25) is 0 Å². The van der Waals surface area contributed by atoms with Crippen molar-refractivity contribution >= 4 is 15.9 Å². The van der Waals surface area contributed by atoms with E-state index >= 15 is 0 Å². The predicted octanol–water partition coefficient (Wildman–Crippen LogP) is 3.54. The molecule has 17 heavy (non-hydrogen) atoms. The van der Waals surface area contributed by atoms with Crippen LogP contribution in [0.3, 0.4) is 0 Å². The highest BCUT2D eigenvalue weighted by Gasteiger charge is 1.97. The first kappa shape index (κ1) is 12.3. The lowest BCUT2D eigenvalue weighted by atomic mass is 10.0. The molecule has 0 bridgehead atoms. The van der Waals surface area contributed by atoms with Crippen molar-refractivity contribution in [1.82, 2.24) is 0 Å². The second-order valence-corrected chi connectivity index (χ2v) is 5.07. The number of nitrogens with two attached hydrogens (primary N) is 1. The van der Waals surface area contributed by atoms with Crippen LogP contribution in [0.4, 0.5) is 0 Å². The van der Waals surface area contributed by atoms with Gasteiger partial charge in [0.05, 0.1) is 0 Å². The predicted molar refractivity (Wildman–Crippen MR) is 76.1 cm³/mol. The molecule has 88 valence electrons. The molecule has 0 spiro atoms. The molecule has 0 saturated carbocycles. The molecule has 1 nitrogen and oxygen atoms in total. The summed E-state index contributed by atoms with van der Waals surface area (Å²) in [5.41, 5.74) is 9.52. The lowest BCUT2D eigenvalue weighted by molar-refractivity contribution is 0.966. The van der Waals surface area contributed by atoms with Crippen molar-refractivity contribution < 1.29 is 0 Å². The van der Waals surface area contributed by atoms with E-state index in [1.807, 2.05) is 0 Å². The monoisotopic (exact) mass is 289 g/mol. The smallest absolute Gasteiger partial charge is 0.0175 e. The van der Waals surface area contributed by atoms with Gasteiger partial charge >= 0.3 is 0 Å². The van der Waals surface area contributed by atoms with Crippen LogP contribution in [-0.4, -0.2) is 6.54 Å². The summed E-state index contributed by atoms with van der Waals surface area (Å²) < 4.78 is 1.12. The number of hydrogen-bond acceptors (Lipinski definition) is 1. The largest absolute Gasteiger partial charge is 0.330 e. The molecular weight excluding hydrogens is 274 g/mol. The molecular formula is C15H16BrN. The van der Waals surface area contributed by atoms with E-state index in [2.05, 4.69) is 64.5 Å². The van der Waals surface area contributed by atoms with Gasteiger partial charge in [-0.2, -0.15) is 0 Å². The van der Waals surface area contributed by atoms with Crippen LogP contribution in [0.2, 0.25) is 0 Å². The van der Waals surface area contributed by atoms with E-state index in [0.29, 0.717) is 6.54 Å². The maximum Gasteiger partial charge on any atom is 0.0175 e. The first-order valence-electron chi connectivity index (χ1n) is 5.80. The zero-order chi connectivity index (χ0) is 12.1. The van der Waals surface area contributed by atoms with Gasteiger partial charge in [0, 0.05) is 4.47 Å². The van der Waals surface area contributed by atoms with E-state index in [1.165, 1.54) is 16.7 Å². The van der Waals surface area contributed by atoms with Crippen molar-refractivity contribution in [3.63, 3.8) is 0 Å². The van der Waals surface area contributed by atoms with Crippen LogP contribution < -0.4 is 5.73 Å². The highest BCUT2D eigenvalue weighted by molar-refractivity contribution is 9.10. The normalized spacial score (nSPS) is 10.5. The number of benzene rings is 2. The quantitative estimate of drug-likeness (QED) is 0.915. The standard InChI is InChI=1S/C15H16BrN/c16-15-7-5-14(6-8-15)11-13-3-1-12(2-4-13)9-10-17/h1-8H,9-11,17H2. The molecule has 0 aliphatic rings. The second-order valence-electron chi connectivity index (χ2n) is 4.16. The first-order chi connectivity index (χ1) is 8.28. The van der Waals surface area contributed by atoms with E-state index in [4.69, 9.17) is 5.73 Å². The molecule has 0 aliphatic carbocycles. The second kappa shape index (κ2) is 5.99. The van der Waals surface area contributed by atoms with E-state index in [9.17, 15) is 0 Å². The minimum absolute atomic E-state index is 0.714. The van der Waals surface area contributed by atoms with Crippen LogP contribution in [0, 0.1) is 0 Å². The van der Waals surface area contributed by atoms with Gasteiger partial charge < -0.3 is 5.73 Å². The van der Waals surface area contributed by atoms with E-state index in [0.717, 1.165) is 17.3 Å². The molecule has 0 saturated heterocycles. The lowest BCUT2D eigenvalue weighted by Gasteiger charge is -2.04. The summed E-state index contributed by atoms with van der Waals surface area (Å²) in [6, 6.07) is 17.2. The molecule has 0 fully saturated rings. The Hall–Kier alpha value is -1.12. The molecule has 2 aromatic rings. The molecule has 2 heteroatoms. The van der Waals surface area contributed by atoms with Gasteiger partial charge in [0.1, 0.15) is 0 Å². The van der Waals surface area contributed by atoms with Crippen molar-refractivity contribution in [1.29, 1.82) is 0 Å². The number of hydrogen-bond donors (Lipinski definition) is 1. The maximum absolute atomic E-state index is 5.53. The Labute approximate surface area is 111 Å². The van der Waals surface area contributed by atoms with Crippen molar-refractivity contribution in [2.24, 2.45) is 5.73 Å². The topological polar surface area (TPSA) is 26.0 Å². The minimum Gasteiger partial charge on any atom is -0.330 e. The first-order valence-corrected chi connectivity index (χ1v) is 6.59. The van der Waals surface area contributed by atoms with Crippen molar-refractivity contribution in [2.75, 3.05) is 6.54 Å². The highest BCUT2D eigenvalue weighted by Crippen LogP contribution is 2.14. The third-order valence-corrected chi connectivity index (χ3v) is 3.31. The lowest BCUT2D eigenvalue weighted by Crippen LogP contribution is -2.02. The summed E-state index contributed by atoms with van der Waals surface area (Å²) in [4.78, 5) is 0. The van der Waals surface area contributed by atoms with Crippen molar-refractivity contribution in [2.45, 2.75) is 12.8 Å². The van der Waals surface area contributed by atoms with E-state index < -0.39 is 0 Å². The Balaban J connectivity index is 2.05. The van der Waals surface area contributed by atoms with Gasteiger partial charge in [-0.15, -0.1) is 0 Å². The zero-order valence-corrected chi connectivity index (χ0v) is 11.3. The van der Waals surface area contributed by atoms with Crippen LogP contribution in [0.1, 0.15) is 16.7 Å². The molecule has 0 amide bonds. The SMILES string of the molecule is NCCc1ccc(Cc2ccc(Br)cc2)cc1. The molecule has 2 aromatic carbocycles. The third kappa shape index (κ3) is 3.69. The molecule has 0 heterocycles. The zero-order valence-electron chi connectivity index (χ0n) is 9.70. The van der Waals surface area contributed by atoms with Crippen molar-refractivity contribution in [3.05, 3.63) is 69.7 Å². The van der Waals surface area contributed by atoms with E-state index in [-0.39, 0.29) is 0 Å². The highest BCUT2D eigenvalue weighted by atomic mass is 79.9. The Bertz CT molecular complexity index is 459. The van der Waals surface area contributed by atoms with Gasteiger partial charge in [-0.1, -0.05) is 52.3 Å². The average molecular weight is 290 g/mol. The van der Waals surface area contributed by atoms with Crippen molar-refractivity contribution in [3.8, 4) is 0 Å². The van der Waals surface area contributed by atoms with Gasteiger partial charge in [-0.25, -0.2) is 0 Å². The van der Waals surface area contributed by atoms with Crippen LogP contribution in [-0.2, 0) is 12.8 Å². The summed E-state index contributed by atoms with van der Waals surface area (Å²) in [5, 5.41) is 0. The number of rotatable bonds is 4. The fourth-order valence-corrected chi connectivity index (χ4v) is 2.09. The molecule has 0 aliphatic heterocycles. The van der Waals surface area contributed by atoms with E-state index in [1.54, 1.807) is 0 Å². The molecule has 0 radical (unpaired) electrons. The third-order valence-electron chi connectivity index (χ3n) is 2.78. The average Bonchev–Trinajstić information content (AvgIpc) is 2.35. The summed E-state index contributed by atoms with van der Waals surface area (Å²) in [6.45, 7) is 0.714. The summed E-state index contributed by atoms with van der Waals surface area (Å²) in [6.07, 6.45) is 1.94. The summed E-state index contributed by atoms with van der Waals surface area (Å²) >= 11 is 3.45. The molecule has 0 aromatic heterocycles. The summed E-state index contributed by atoms with van der Waals surface area (Å²) in [7, 11) is 0. The van der Waals surface area contributed by atoms with Gasteiger partial charge in [0.15, 0.2) is 0 Å². The number of halogens is 1. The Morgan fingerprint density at radius 2 is 1.24 bits per heavy atom. The van der Waals surface area contributed by atoms with Crippen LogP contribution in [0.5, 0.6) is 0 Å². The Kier molecular flexibility index (Phi) is 4.35. The molecule has 2 N–H and O–H groups in total. The van der Waals surface area contributed by atoms with Crippen LogP contribution in [0.25, 0.3) is 0 Å². The van der Waals surface area contributed by atoms with Gasteiger partial charge in [-0.3, -0.25) is 0 Å². The van der Waals surface area contributed by atoms with Gasteiger partial charge in [-0.05, 0) is 48.2 Å². The van der Waals surface area contributed by atoms with Crippen LogP contribution in [0.15, 0.2) is 53.0 Å². The fraction of sp³-hybridized carbons (Fsp3) is 0.200. The fourth-order valence-electron chi connectivity index (χ4n) is 1.83. The maximum atomic E-state index is 5.53. The Morgan fingerprint density at radius 1 is 0.765 bits per heavy atom. The Morgan fingerprint density at radius 3 is 1.76 bits per heavy atom. The van der Waals surface area contributed by atoms with Gasteiger partial charge in [0.25, 0.3) is 0 Å². The van der Waals surface area contributed by atoms with Crippen LogP contribution >= 0.6 is 15.9 Å². The molecule has 2 rings (SSSR count). The molecule has 0 atom stereocenters. The minimum atomic E-state index is 0.714. The molecule has 0 unspecified atom stereocenters.